The first kappa shape index (κ1) is 16.2. The number of carbonyl (C=O) groups excluding carboxylic acids is 1. The maximum atomic E-state index is 11.5. The van der Waals surface area contributed by atoms with Crippen molar-refractivity contribution in [1.82, 2.24) is 15.3 Å². The van der Waals surface area contributed by atoms with Crippen LogP contribution >= 0.6 is 0 Å². The Bertz CT molecular complexity index is 691. The third-order valence-electron chi connectivity index (χ3n) is 2.92. The number of aromatic nitrogens is 2. The monoisotopic (exact) mass is 315 g/mol. The molecule has 8 heteroatoms. The van der Waals surface area contributed by atoms with Crippen LogP contribution in [0.3, 0.4) is 0 Å². The van der Waals surface area contributed by atoms with Crippen LogP contribution in [-0.4, -0.2) is 33.6 Å². The minimum absolute atomic E-state index is 0.0235. The van der Waals surface area contributed by atoms with E-state index < -0.39 is 12.0 Å². The first-order valence-electron chi connectivity index (χ1n) is 7.01. The van der Waals surface area contributed by atoms with Gasteiger partial charge in [-0.2, -0.15) is 0 Å². The molecule has 0 saturated carbocycles. The summed E-state index contributed by atoms with van der Waals surface area (Å²) in [5, 5.41) is 17.4. The molecule has 2 rings (SSSR count). The van der Waals surface area contributed by atoms with Crippen LogP contribution in [0.25, 0.3) is 0 Å². The van der Waals surface area contributed by atoms with Gasteiger partial charge in [-0.1, -0.05) is 6.07 Å². The summed E-state index contributed by atoms with van der Waals surface area (Å²) in [4.78, 5) is 30.7. The second kappa shape index (κ2) is 7.74. The zero-order chi connectivity index (χ0) is 16.7. The molecule has 0 aromatic carbocycles. The number of nitrogens with one attached hydrogen (secondary N) is 3. The molecule has 0 aliphatic rings. The molecule has 120 valence electrons. The van der Waals surface area contributed by atoms with Crippen LogP contribution in [0.2, 0.25) is 0 Å². The van der Waals surface area contributed by atoms with Gasteiger partial charge >= 0.3 is 12.0 Å². The van der Waals surface area contributed by atoms with Gasteiger partial charge in [-0.05, 0) is 18.6 Å². The summed E-state index contributed by atoms with van der Waals surface area (Å²) in [5.74, 6) is -0.842. The third-order valence-corrected chi connectivity index (χ3v) is 2.92. The van der Waals surface area contributed by atoms with E-state index in [-0.39, 0.29) is 11.4 Å². The molecule has 0 fully saturated rings. The molecule has 2 heterocycles. The van der Waals surface area contributed by atoms with E-state index in [0.29, 0.717) is 18.8 Å². The standard InChI is InChI=1S/C15H17N5O3/c1-2-17-15(23)20-13-6-12(11(9-19-13)14(21)22)18-8-10-4-3-5-16-7-10/h3-7,9H,2,8H2,1H3,(H,21,22)(H3,17,18,19,20,23). The Kier molecular flexibility index (Phi) is 5.45. The molecule has 0 spiro atoms. The lowest BCUT2D eigenvalue weighted by molar-refractivity contribution is 0.0697. The van der Waals surface area contributed by atoms with Crippen molar-refractivity contribution in [2.45, 2.75) is 13.5 Å². The summed E-state index contributed by atoms with van der Waals surface area (Å²) >= 11 is 0. The zero-order valence-electron chi connectivity index (χ0n) is 12.5. The van der Waals surface area contributed by atoms with E-state index in [0.717, 1.165) is 5.56 Å². The fourth-order valence-corrected chi connectivity index (χ4v) is 1.86. The van der Waals surface area contributed by atoms with Crippen LogP contribution < -0.4 is 16.0 Å². The molecule has 2 aromatic rings. The van der Waals surface area contributed by atoms with Gasteiger partial charge < -0.3 is 15.7 Å². The van der Waals surface area contributed by atoms with Crippen LogP contribution in [0, 0.1) is 0 Å². The van der Waals surface area contributed by atoms with E-state index in [9.17, 15) is 14.7 Å². The second-order valence-corrected chi connectivity index (χ2v) is 4.62. The molecule has 2 amide bonds. The number of anilines is 2. The molecule has 0 atom stereocenters. The molecule has 0 saturated heterocycles. The number of carboxylic acids is 1. The van der Waals surface area contributed by atoms with Crippen LogP contribution in [0.1, 0.15) is 22.8 Å². The summed E-state index contributed by atoms with van der Waals surface area (Å²) in [6.07, 6.45) is 4.55. The normalized spacial score (nSPS) is 9.96. The first-order chi connectivity index (χ1) is 11.1. The van der Waals surface area contributed by atoms with Crippen molar-refractivity contribution in [3.63, 3.8) is 0 Å². The van der Waals surface area contributed by atoms with Crippen molar-refractivity contribution >= 4 is 23.5 Å². The molecule has 0 bridgehead atoms. The number of hydrogen-bond donors (Lipinski definition) is 4. The molecule has 0 aliphatic heterocycles. The SMILES string of the molecule is CCNC(=O)Nc1cc(NCc2cccnc2)c(C(=O)O)cn1. The Morgan fingerprint density at radius 1 is 1.30 bits per heavy atom. The van der Waals surface area contributed by atoms with Crippen LogP contribution in [-0.2, 0) is 6.54 Å². The fraction of sp³-hybridized carbons (Fsp3) is 0.200. The largest absolute Gasteiger partial charge is 0.478 e. The summed E-state index contributed by atoms with van der Waals surface area (Å²) in [5.41, 5.74) is 1.29. The highest BCUT2D eigenvalue weighted by Crippen LogP contribution is 2.19. The van der Waals surface area contributed by atoms with E-state index in [1.165, 1.54) is 12.3 Å². The van der Waals surface area contributed by atoms with Gasteiger partial charge in [0.15, 0.2) is 0 Å². The predicted octanol–water partition coefficient (Wildman–Crippen LogP) is 1.93. The lowest BCUT2D eigenvalue weighted by Gasteiger charge is -2.12. The number of carbonyl (C=O) groups is 2. The maximum absolute atomic E-state index is 11.5. The number of urea groups is 1. The van der Waals surface area contributed by atoms with E-state index in [2.05, 4.69) is 25.9 Å². The summed E-state index contributed by atoms with van der Waals surface area (Å²) in [7, 11) is 0. The van der Waals surface area contributed by atoms with Gasteiger partial charge in [0.1, 0.15) is 11.4 Å². The molecule has 2 aromatic heterocycles. The van der Waals surface area contributed by atoms with Crippen molar-refractivity contribution < 1.29 is 14.7 Å². The molecule has 23 heavy (non-hydrogen) atoms. The molecule has 8 nitrogen and oxygen atoms in total. The average Bonchev–Trinajstić information content (AvgIpc) is 2.54. The number of rotatable bonds is 6. The van der Waals surface area contributed by atoms with Gasteiger partial charge in [0.2, 0.25) is 0 Å². The van der Waals surface area contributed by atoms with E-state index in [1.807, 2.05) is 6.07 Å². The van der Waals surface area contributed by atoms with Gasteiger partial charge in [-0.3, -0.25) is 10.3 Å². The lowest BCUT2D eigenvalue weighted by Crippen LogP contribution is -2.28. The number of aromatic carboxylic acids is 1. The highest BCUT2D eigenvalue weighted by molar-refractivity contribution is 5.95. The summed E-state index contributed by atoms with van der Waals surface area (Å²) in [6.45, 7) is 2.67. The van der Waals surface area contributed by atoms with E-state index >= 15 is 0 Å². The Balaban J connectivity index is 2.16. The lowest BCUT2D eigenvalue weighted by atomic mass is 10.2. The average molecular weight is 315 g/mol. The van der Waals surface area contributed by atoms with Crippen molar-refractivity contribution in [3.05, 3.63) is 47.9 Å². The summed E-state index contributed by atoms with van der Waals surface area (Å²) < 4.78 is 0. The number of hydrogen-bond acceptors (Lipinski definition) is 5. The molecular formula is C15H17N5O3. The topological polar surface area (TPSA) is 116 Å². The second-order valence-electron chi connectivity index (χ2n) is 4.62. The quantitative estimate of drug-likeness (QED) is 0.647. The number of amides is 2. The van der Waals surface area contributed by atoms with E-state index in [4.69, 9.17) is 0 Å². The highest BCUT2D eigenvalue weighted by Gasteiger charge is 2.13. The van der Waals surface area contributed by atoms with Crippen molar-refractivity contribution in [2.75, 3.05) is 17.2 Å². The molecule has 0 unspecified atom stereocenters. The van der Waals surface area contributed by atoms with Gasteiger partial charge in [0.05, 0.1) is 5.69 Å². The minimum atomic E-state index is -1.10. The van der Waals surface area contributed by atoms with Crippen LogP contribution in [0.15, 0.2) is 36.8 Å². The first-order valence-corrected chi connectivity index (χ1v) is 7.01. The number of carboxylic acid groups (broad SMARTS) is 1. The Morgan fingerprint density at radius 3 is 2.78 bits per heavy atom. The van der Waals surface area contributed by atoms with Crippen molar-refractivity contribution in [2.24, 2.45) is 0 Å². The van der Waals surface area contributed by atoms with E-state index in [1.54, 1.807) is 25.4 Å². The Hall–Kier alpha value is -3.16. The molecule has 4 N–H and O–H groups in total. The predicted molar refractivity (Wildman–Crippen MR) is 85.5 cm³/mol. The smallest absolute Gasteiger partial charge is 0.339 e. The van der Waals surface area contributed by atoms with Gasteiger partial charge in [0, 0.05) is 37.7 Å². The Morgan fingerprint density at radius 2 is 2.13 bits per heavy atom. The zero-order valence-corrected chi connectivity index (χ0v) is 12.5. The molecular weight excluding hydrogens is 298 g/mol. The third kappa shape index (κ3) is 4.67. The van der Waals surface area contributed by atoms with Crippen LogP contribution in [0.4, 0.5) is 16.3 Å². The van der Waals surface area contributed by atoms with Gasteiger partial charge in [-0.15, -0.1) is 0 Å². The molecule has 0 aliphatic carbocycles. The van der Waals surface area contributed by atoms with Gasteiger partial charge in [-0.25, -0.2) is 14.6 Å². The fourth-order valence-electron chi connectivity index (χ4n) is 1.86. The van der Waals surface area contributed by atoms with Crippen LogP contribution in [0.5, 0.6) is 0 Å². The number of nitrogens with zero attached hydrogens (tertiary/aromatic N) is 2. The molecule has 0 radical (unpaired) electrons. The van der Waals surface area contributed by atoms with Crippen molar-refractivity contribution in [3.8, 4) is 0 Å². The maximum Gasteiger partial charge on any atom is 0.339 e. The van der Waals surface area contributed by atoms with Gasteiger partial charge in [0.25, 0.3) is 0 Å². The highest BCUT2D eigenvalue weighted by atomic mass is 16.4. The summed E-state index contributed by atoms with van der Waals surface area (Å²) in [6, 6.07) is 4.75. The minimum Gasteiger partial charge on any atom is -0.478 e. The number of pyridine rings is 2. The Labute approximate surface area is 133 Å². The van der Waals surface area contributed by atoms with Crippen molar-refractivity contribution in [1.29, 1.82) is 0 Å².